The van der Waals surface area contributed by atoms with Crippen LogP contribution >= 0.6 is 0 Å². The van der Waals surface area contributed by atoms with Gasteiger partial charge in [0.25, 0.3) is 0 Å². The van der Waals surface area contributed by atoms with Gasteiger partial charge in [-0.05, 0) is 17.2 Å². The maximum Gasteiger partial charge on any atom is 0.356 e. The second kappa shape index (κ2) is 4.93. The molecule has 0 radical (unpaired) electrons. The third kappa shape index (κ3) is 2.14. The maximum atomic E-state index is 11.0. The van der Waals surface area contributed by atoms with Crippen LogP contribution in [0.5, 0.6) is 0 Å². The van der Waals surface area contributed by atoms with Gasteiger partial charge in [-0.2, -0.15) is 0 Å². The average molecular weight is 266 g/mol. The molecular weight excluding hydrogens is 256 g/mol. The van der Waals surface area contributed by atoms with Crippen LogP contribution in [0.25, 0.3) is 22.4 Å². The predicted molar refractivity (Wildman–Crippen MR) is 72.0 cm³/mol. The Bertz CT molecular complexity index is 735. The van der Waals surface area contributed by atoms with Crippen LogP contribution in [0.2, 0.25) is 0 Å². The van der Waals surface area contributed by atoms with Crippen LogP contribution < -0.4 is 0 Å². The lowest BCUT2D eigenvalue weighted by atomic mass is 10.0. The minimum absolute atomic E-state index is 0.0147. The molecule has 2 aromatic heterocycles. The van der Waals surface area contributed by atoms with Crippen LogP contribution in [-0.4, -0.2) is 31.5 Å². The molecule has 0 bridgehead atoms. The van der Waals surface area contributed by atoms with Gasteiger partial charge in [0.15, 0.2) is 5.69 Å². The summed E-state index contributed by atoms with van der Waals surface area (Å²) in [4.78, 5) is 15.1. The van der Waals surface area contributed by atoms with Gasteiger partial charge >= 0.3 is 5.97 Å². The Morgan fingerprint density at radius 2 is 1.80 bits per heavy atom. The molecule has 2 N–H and O–H groups in total. The van der Waals surface area contributed by atoms with Gasteiger partial charge < -0.3 is 5.11 Å². The van der Waals surface area contributed by atoms with E-state index in [9.17, 15) is 4.79 Å². The highest BCUT2D eigenvalue weighted by atomic mass is 16.4. The molecule has 3 rings (SSSR count). The Morgan fingerprint density at radius 3 is 2.45 bits per heavy atom. The van der Waals surface area contributed by atoms with Crippen LogP contribution in [0, 0.1) is 0 Å². The van der Waals surface area contributed by atoms with Crippen molar-refractivity contribution < 1.29 is 9.90 Å². The maximum absolute atomic E-state index is 11.0. The van der Waals surface area contributed by atoms with Crippen molar-refractivity contribution in [3.05, 3.63) is 54.5 Å². The number of H-pyrrole nitrogens is 1. The summed E-state index contributed by atoms with van der Waals surface area (Å²) in [5.74, 6) is -1.08. The van der Waals surface area contributed by atoms with Gasteiger partial charge in [0.2, 0.25) is 0 Å². The van der Waals surface area contributed by atoms with E-state index >= 15 is 0 Å². The molecule has 0 saturated heterocycles. The van der Waals surface area contributed by atoms with Crippen molar-refractivity contribution in [2.75, 3.05) is 0 Å². The smallest absolute Gasteiger partial charge is 0.356 e. The summed E-state index contributed by atoms with van der Waals surface area (Å²) in [6.45, 7) is 0. The van der Waals surface area contributed by atoms with E-state index in [0.29, 0.717) is 11.3 Å². The molecule has 0 fully saturated rings. The molecule has 0 aliphatic carbocycles. The number of carboxylic acids is 1. The first-order valence-corrected chi connectivity index (χ1v) is 5.91. The van der Waals surface area contributed by atoms with Crippen molar-refractivity contribution in [3.8, 4) is 22.4 Å². The minimum Gasteiger partial charge on any atom is -0.476 e. The highest BCUT2D eigenvalue weighted by Crippen LogP contribution is 2.24. The molecule has 2 heterocycles. The average Bonchev–Trinajstić information content (AvgIpc) is 2.98. The van der Waals surface area contributed by atoms with Gasteiger partial charge in [0, 0.05) is 18.0 Å². The van der Waals surface area contributed by atoms with E-state index in [2.05, 4.69) is 20.4 Å². The Balaban J connectivity index is 1.98. The van der Waals surface area contributed by atoms with Crippen LogP contribution in [-0.2, 0) is 0 Å². The van der Waals surface area contributed by atoms with Crippen molar-refractivity contribution >= 4 is 5.97 Å². The summed E-state index contributed by atoms with van der Waals surface area (Å²) in [6.07, 6.45) is 3.49. The second-order valence-electron chi connectivity index (χ2n) is 4.16. The van der Waals surface area contributed by atoms with Crippen LogP contribution in [0.3, 0.4) is 0 Å². The molecule has 0 aliphatic heterocycles. The lowest BCUT2D eigenvalue weighted by Crippen LogP contribution is -1.99. The van der Waals surface area contributed by atoms with E-state index in [0.717, 1.165) is 11.1 Å². The number of rotatable bonds is 3. The molecule has 20 heavy (non-hydrogen) atoms. The van der Waals surface area contributed by atoms with E-state index in [1.807, 2.05) is 36.4 Å². The SMILES string of the molecule is O=C(O)c1[nH]nnc1-c1ccc(-c2cccnc2)cc1. The molecule has 1 aromatic carbocycles. The third-order valence-corrected chi connectivity index (χ3v) is 2.92. The topological polar surface area (TPSA) is 91.8 Å². The molecule has 98 valence electrons. The number of pyridine rings is 1. The Labute approximate surface area is 114 Å². The van der Waals surface area contributed by atoms with Crippen LogP contribution in [0.15, 0.2) is 48.8 Å². The molecule has 0 aliphatic rings. The summed E-state index contributed by atoms with van der Waals surface area (Å²) in [5, 5.41) is 18.8. The zero-order chi connectivity index (χ0) is 13.9. The lowest BCUT2D eigenvalue weighted by Gasteiger charge is -2.02. The summed E-state index contributed by atoms with van der Waals surface area (Å²) in [5.41, 5.74) is 3.01. The molecular formula is C14H10N4O2. The highest BCUT2D eigenvalue weighted by Gasteiger charge is 2.15. The Kier molecular flexibility index (Phi) is 2.96. The molecule has 0 atom stereocenters. The first-order valence-electron chi connectivity index (χ1n) is 5.91. The first-order chi connectivity index (χ1) is 9.75. The Morgan fingerprint density at radius 1 is 1.05 bits per heavy atom. The Hall–Kier alpha value is -3.02. The van der Waals surface area contributed by atoms with Gasteiger partial charge in [-0.25, -0.2) is 4.79 Å². The summed E-state index contributed by atoms with van der Waals surface area (Å²) in [7, 11) is 0. The standard InChI is InChI=1S/C14H10N4O2/c19-14(20)13-12(16-18-17-13)10-5-3-9(4-6-10)11-2-1-7-15-8-11/h1-8H,(H,19,20)(H,16,17,18). The summed E-state index contributed by atoms with van der Waals surface area (Å²) >= 11 is 0. The number of aromatic nitrogens is 4. The molecule has 0 amide bonds. The fraction of sp³-hybridized carbons (Fsp3) is 0. The predicted octanol–water partition coefficient (Wildman–Crippen LogP) is 2.23. The zero-order valence-electron chi connectivity index (χ0n) is 10.3. The number of carbonyl (C=O) groups is 1. The number of benzene rings is 1. The third-order valence-electron chi connectivity index (χ3n) is 2.92. The zero-order valence-corrected chi connectivity index (χ0v) is 10.3. The van der Waals surface area contributed by atoms with Crippen LogP contribution in [0.4, 0.5) is 0 Å². The van der Waals surface area contributed by atoms with Crippen molar-refractivity contribution in [1.29, 1.82) is 0 Å². The quantitative estimate of drug-likeness (QED) is 0.758. The van der Waals surface area contributed by atoms with E-state index in [1.54, 1.807) is 12.4 Å². The number of hydrogen-bond donors (Lipinski definition) is 2. The molecule has 0 saturated carbocycles. The van der Waals surface area contributed by atoms with Gasteiger partial charge in [-0.1, -0.05) is 35.5 Å². The van der Waals surface area contributed by atoms with Crippen molar-refractivity contribution in [2.45, 2.75) is 0 Å². The second-order valence-corrected chi connectivity index (χ2v) is 4.16. The highest BCUT2D eigenvalue weighted by molar-refractivity contribution is 5.92. The van der Waals surface area contributed by atoms with E-state index in [4.69, 9.17) is 5.11 Å². The van der Waals surface area contributed by atoms with Gasteiger partial charge in [0.1, 0.15) is 5.69 Å². The van der Waals surface area contributed by atoms with Gasteiger partial charge in [-0.3, -0.25) is 10.1 Å². The largest absolute Gasteiger partial charge is 0.476 e. The number of nitrogens with one attached hydrogen (secondary N) is 1. The molecule has 6 heteroatoms. The van der Waals surface area contributed by atoms with Crippen molar-refractivity contribution in [2.24, 2.45) is 0 Å². The normalized spacial score (nSPS) is 10.4. The molecule has 3 aromatic rings. The summed E-state index contributed by atoms with van der Waals surface area (Å²) < 4.78 is 0. The van der Waals surface area contributed by atoms with E-state index in [-0.39, 0.29) is 5.69 Å². The molecule has 6 nitrogen and oxygen atoms in total. The van der Waals surface area contributed by atoms with E-state index in [1.165, 1.54) is 0 Å². The lowest BCUT2D eigenvalue weighted by molar-refractivity contribution is 0.0691. The fourth-order valence-electron chi connectivity index (χ4n) is 1.93. The number of aromatic amines is 1. The van der Waals surface area contributed by atoms with Gasteiger partial charge in [-0.15, -0.1) is 5.10 Å². The number of nitrogens with zero attached hydrogens (tertiary/aromatic N) is 3. The number of aromatic carboxylic acids is 1. The summed E-state index contributed by atoms with van der Waals surface area (Å²) in [6, 6.07) is 11.2. The monoisotopic (exact) mass is 266 g/mol. The van der Waals surface area contributed by atoms with E-state index < -0.39 is 5.97 Å². The number of carboxylic acid groups (broad SMARTS) is 1. The minimum atomic E-state index is -1.08. The van der Waals surface area contributed by atoms with Gasteiger partial charge in [0.05, 0.1) is 0 Å². The fourth-order valence-corrected chi connectivity index (χ4v) is 1.93. The van der Waals surface area contributed by atoms with Crippen LogP contribution in [0.1, 0.15) is 10.5 Å². The van der Waals surface area contributed by atoms with Crippen molar-refractivity contribution in [1.82, 2.24) is 20.4 Å². The molecule has 0 spiro atoms. The van der Waals surface area contributed by atoms with Crippen molar-refractivity contribution in [3.63, 3.8) is 0 Å². The number of hydrogen-bond acceptors (Lipinski definition) is 4. The first kappa shape index (κ1) is 12.0. The molecule has 0 unspecified atom stereocenters.